The molecule has 142 valence electrons. The van der Waals surface area contributed by atoms with Crippen LogP contribution < -0.4 is 4.74 Å². The maximum atomic E-state index is 12.7. The second kappa shape index (κ2) is 8.08. The number of para-hydroxylation sites is 1. The summed E-state index contributed by atoms with van der Waals surface area (Å²) in [7, 11) is 3.97. The van der Waals surface area contributed by atoms with Crippen LogP contribution in [-0.2, 0) is 16.0 Å². The summed E-state index contributed by atoms with van der Waals surface area (Å²) >= 11 is 0. The van der Waals surface area contributed by atoms with Crippen molar-refractivity contribution in [2.75, 3.05) is 46.8 Å². The van der Waals surface area contributed by atoms with Gasteiger partial charge in [-0.3, -0.25) is 9.59 Å². The third-order valence-corrected chi connectivity index (χ3v) is 5.19. The first-order valence-corrected chi connectivity index (χ1v) is 9.43. The van der Waals surface area contributed by atoms with Crippen molar-refractivity contribution in [2.45, 2.75) is 25.9 Å². The predicted molar refractivity (Wildman–Crippen MR) is 100 cm³/mol. The summed E-state index contributed by atoms with van der Waals surface area (Å²) in [4.78, 5) is 30.5. The van der Waals surface area contributed by atoms with E-state index in [2.05, 4.69) is 13.0 Å². The molecule has 0 aromatic heterocycles. The van der Waals surface area contributed by atoms with E-state index >= 15 is 0 Å². The van der Waals surface area contributed by atoms with Crippen molar-refractivity contribution in [3.8, 4) is 5.75 Å². The van der Waals surface area contributed by atoms with E-state index in [0.717, 1.165) is 18.7 Å². The molecule has 1 atom stereocenters. The molecule has 2 fully saturated rings. The van der Waals surface area contributed by atoms with E-state index in [0.29, 0.717) is 32.6 Å². The second-order valence-electron chi connectivity index (χ2n) is 7.49. The highest BCUT2D eigenvalue weighted by atomic mass is 16.5. The van der Waals surface area contributed by atoms with Gasteiger partial charge in [0.25, 0.3) is 0 Å². The number of amides is 2. The third kappa shape index (κ3) is 4.18. The van der Waals surface area contributed by atoms with E-state index in [1.807, 2.05) is 47.0 Å². The third-order valence-electron chi connectivity index (χ3n) is 5.19. The molecule has 2 amide bonds. The summed E-state index contributed by atoms with van der Waals surface area (Å²) in [5.74, 6) is 0.899. The Morgan fingerprint density at radius 3 is 2.65 bits per heavy atom. The molecule has 0 aliphatic carbocycles. The van der Waals surface area contributed by atoms with Crippen molar-refractivity contribution in [1.29, 1.82) is 0 Å². The Bertz CT molecular complexity index is 655. The molecule has 2 aliphatic heterocycles. The smallest absolute Gasteiger partial charge is 0.228 e. The van der Waals surface area contributed by atoms with Gasteiger partial charge in [-0.2, -0.15) is 0 Å². The van der Waals surface area contributed by atoms with Gasteiger partial charge in [-0.1, -0.05) is 25.1 Å². The van der Waals surface area contributed by atoms with Gasteiger partial charge in [0, 0.05) is 26.1 Å². The van der Waals surface area contributed by atoms with Crippen LogP contribution in [0.1, 0.15) is 18.9 Å². The van der Waals surface area contributed by atoms with Crippen LogP contribution >= 0.6 is 0 Å². The number of hydrogen-bond donors (Lipinski definition) is 0. The van der Waals surface area contributed by atoms with Gasteiger partial charge in [0.05, 0.1) is 19.0 Å². The molecule has 6 nitrogen and oxygen atoms in total. The Balaban J connectivity index is 1.47. The van der Waals surface area contributed by atoms with Gasteiger partial charge in [0.15, 0.2) is 0 Å². The molecule has 0 spiro atoms. The molecule has 3 rings (SSSR count). The lowest BCUT2D eigenvalue weighted by Gasteiger charge is -2.40. The fourth-order valence-corrected chi connectivity index (χ4v) is 3.52. The summed E-state index contributed by atoms with van der Waals surface area (Å²) in [6.07, 6.45) is 1.32. The molecule has 0 bridgehead atoms. The SMILES string of the molecule is CCc1ccccc1OC1CN(C(=O)[C@H]2CC(=O)N(CCN(C)C)C2)C1. The number of likely N-dealkylation sites (tertiary alicyclic amines) is 2. The Kier molecular flexibility index (Phi) is 5.81. The highest BCUT2D eigenvalue weighted by molar-refractivity contribution is 5.89. The van der Waals surface area contributed by atoms with Gasteiger partial charge in [0.2, 0.25) is 11.8 Å². The van der Waals surface area contributed by atoms with Crippen LogP contribution in [0.2, 0.25) is 0 Å². The molecule has 2 aliphatic rings. The average molecular weight is 359 g/mol. The molecule has 0 saturated carbocycles. The van der Waals surface area contributed by atoms with E-state index in [4.69, 9.17) is 4.74 Å². The number of benzene rings is 1. The molecule has 1 aromatic carbocycles. The first kappa shape index (κ1) is 18.7. The summed E-state index contributed by atoms with van der Waals surface area (Å²) < 4.78 is 6.05. The van der Waals surface area contributed by atoms with E-state index in [-0.39, 0.29) is 23.8 Å². The van der Waals surface area contributed by atoms with Crippen molar-refractivity contribution < 1.29 is 14.3 Å². The summed E-state index contributed by atoms with van der Waals surface area (Å²) in [5, 5.41) is 0. The number of likely N-dealkylation sites (N-methyl/N-ethyl adjacent to an activating group) is 1. The number of nitrogens with zero attached hydrogens (tertiary/aromatic N) is 3. The van der Waals surface area contributed by atoms with Crippen LogP contribution in [0.3, 0.4) is 0 Å². The minimum Gasteiger partial charge on any atom is -0.486 e. The lowest BCUT2D eigenvalue weighted by molar-refractivity contribution is -0.144. The molecule has 1 aromatic rings. The van der Waals surface area contributed by atoms with Crippen LogP contribution in [0, 0.1) is 5.92 Å². The first-order valence-electron chi connectivity index (χ1n) is 9.43. The highest BCUT2D eigenvalue weighted by Gasteiger charge is 2.41. The van der Waals surface area contributed by atoms with Gasteiger partial charge in [-0.15, -0.1) is 0 Å². The second-order valence-corrected chi connectivity index (χ2v) is 7.49. The Morgan fingerprint density at radius 2 is 1.96 bits per heavy atom. The standard InChI is InChI=1S/C20H29N3O3/c1-4-15-7-5-6-8-18(15)26-17-13-23(14-17)20(25)16-11-19(24)22(12-16)10-9-21(2)3/h5-8,16-17H,4,9-14H2,1-3H3/t16-/m0/s1. The predicted octanol–water partition coefficient (Wildman–Crippen LogP) is 1.25. The van der Waals surface area contributed by atoms with Crippen LogP contribution in [0.25, 0.3) is 0 Å². The van der Waals surface area contributed by atoms with Crippen molar-refractivity contribution in [2.24, 2.45) is 5.92 Å². The van der Waals surface area contributed by atoms with Crippen molar-refractivity contribution in [1.82, 2.24) is 14.7 Å². The zero-order valence-corrected chi connectivity index (χ0v) is 16.0. The minimum atomic E-state index is -0.200. The van der Waals surface area contributed by atoms with Crippen LogP contribution in [-0.4, -0.2) is 79.4 Å². The van der Waals surface area contributed by atoms with Crippen molar-refractivity contribution in [3.63, 3.8) is 0 Å². The molecule has 26 heavy (non-hydrogen) atoms. The van der Waals surface area contributed by atoms with Gasteiger partial charge < -0.3 is 19.4 Å². The quantitative estimate of drug-likeness (QED) is 0.735. The van der Waals surface area contributed by atoms with Gasteiger partial charge in [-0.05, 0) is 32.1 Å². The van der Waals surface area contributed by atoms with Gasteiger partial charge in [0.1, 0.15) is 11.9 Å². The van der Waals surface area contributed by atoms with Crippen molar-refractivity contribution in [3.05, 3.63) is 29.8 Å². The van der Waals surface area contributed by atoms with E-state index in [1.54, 1.807) is 0 Å². The van der Waals surface area contributed by atoms with Crippen LogP contribution in [0.5, 0.6) is 5.75 Å². The Labute approximate surface area is 155 Å². The number of carbonyl (C=O) groups is 2. The van der Waals surface area contributed by atoms with E-state index in [9.17, 15) is 9.59 Å². The minimum absolute atomic E-state index is 0.0496. The fourth-order valence-electron chi connectivity index (χ4n) is 3.52. The zero-order chi connectivity index (χ0) is 18.7. The highest BCUT2D eigenvalue weighted by Crippen LogP contribution is 2.26. The van der Waals surface area contributed by atoms with Gasteiger partial charge >= 0.3 is 0 Å². The summed E-state index contributed by atoms with van der Waals surface area (Å²) in [6.45, 7) is 5.39. The molecular formula is C20H29N3O3. The maximum absolute atomic E-state index is 12.7. The van der Waals surface area contributed by atoms with E-state index < -0.39 is 0 Å². The number of ether oxygens (including phenoxy) is 1. The molecule has 2 saturated heterocycles. The Hall–Kier alpha value is -2.08. The molecule has 0 N–H and O–H groups in total. The maximum Gasteiger partial charge on any atom is 0.228 e. The Morgan fingerprint density at radius 1 is 1.23 bits per heavy atom. The molecule has 2 heterocycles. The number of carbonyl (C=O) groups excluding carboxylic acids is 2. The lowest BCUT2D eigenvalue weighted by atomic mass is 10.0. The normalized spacial score (nSPS) is 20.6. The molecule has 0 radical (unpaired) electrons. The number of rotatable bonds is 7. The fraction of sp³-hybridized carbons (Fsp3) is 0.600. The summed E-state index contributed by atoms with van der Waals surface area (Å²) in [5.41, 5.74) is 1.19. The number of aryl methyl sites for hydroxylation is 1. The van der Waals surface area contributed by atoms with E-state index in [1.165, 1.54) is 5.56 Å². The van der Waals surface area contributed by atoms with Crippen molar-refractivity contribution >= 4 is 11.8 Å². The largest absolute Gasteiger partial charge is 0.486 e. The van der Waals surface area contributed by atoms with Crippen LogP contribution in [0.4, 0.5) is 0 Å². The molecular weight excluding hydrogens is 330 g/mol. The molecule has 0 unspecified atom stereocenters. The summed E-state index contributed by atoms with van der Waals surface area (Å²) in [6, 6.07) is 8.05. The topological polar surface area (TPSA) is 53.1 Å². The first-order chi connectivity index (χ1) is 12.5. The van der Waals surface area contributed by atoms with Crippen LogP contribution in [0.15, 0.2) is 24.3 Å². The monoisotopic (exact) mass is 359 g/mol. The molecule has 6 heteroatoms. The number of hydrogen-bond acceptors (Lipinski definition) is 4. The average Bonchev–Trinajstić information content (AvgIpc) is 2.96. The zero-order valence-electron chi connectivity index (χ0n) is 16.0. The van der Waals surface area contributed by atoms with Gasteiger partial charge in [-0.25, -0.2) is 0 Å². The lowest BCUT2D eigenvalue weighted by Crippen LogP contribution is -2.57.